The summed E-state index contributed by atoms with van der Waals surface area (Å²) in [5, 5.41) is 2.83. The van der Waals surface area contributed by atoms with Gasteiger partial charge < -0.3 is 19.1 Å². The molecule has 1 saturated heterocycles. The zero-order valence-electron chi connectivity index (χ0n) is 19.3. The normalized spacial score (nSPS) is 14.8. The van der Waals surface area contributed by atoms with Crippen LogP contribution in [-0.2, 0) is 16.3 Å². The van der Waals surface area contributed by atoms with E-state index in [9.17, 15) is 8.42 Å². The lowest BCUT2D eigenvalue weighted by Gasteiger charge is -2.31. The highest BCUT2D eigenvalue weighted by Crippen LogP contribution is 2.35. The van der Waals surface area contributed by atoms with Crippen LogP contribution in [0, 0.1) is 0 Å². The number of thiazole rings is 1. The number of nitrogens with zero attached hydrogens (tertiary/aromatic N) is 2. The summed E-state index contributed by atoms with van der Waals surface area (Å²) in [5.74, 6) is 1.83. The zero-order valence-corrected chi connectivity index (χ0v) is 21.7. The van der Waals surface area contributed by atoms with Gasteiger partial charge in [0, 0.05) is 41.5 Å². The van der Waals surface area contributed by atoms with Gasteiger partial charge in [-0.1, -0.05) is 17.7 Å². The molecule has 0 unspecified atom stereocenters. The van der Waals surface area contributed by atoms with E-state index in [0.717, 1.165) is 27.9 Å². The number of ether oxygens (including phenoxy) is 3. The molecule has 2 heterocycles. The van der Waals surface area contributed by atoms with Gasteiger partial charge in [0.1, 0.15) is 22.1 Å². The monoisotopic (exact) mass is 522 g/mol. The Morgan fingerprint density at radius 2 is 1.76 bits per heavy atom. The number of piperidine rings is 1. The third kappa shape index (κ3) is 5.11. The molecule has 10 heteroatoms. The van der Waals surface area contributed by atoms with Gasteiger partial charge in [-0.25, -0.2) is 13.4 Å². The van der Waals surface area contributed by atoms with Crippen molar-refractivity contribution in [2.24, 2.45) is 0 Å². The first-order chi connectivity index (χ1) is 16.3. The summed E-state index contributed by atoms with van der Waals surface area (Å²) in [4.78, 5) is 7.11. The fourth-order valence-electron chi connectivity index (χ4n) is 4.13. The number of anilines is 1. The number of sulfone groups is 1. The predicted octanol–water partition coefficient (Wildman–Crippen LogP) is 4.86. The van der Waals surface area contributed by atoms with Crippen LogP contribution in [0.1, 0.15) is 24.1 Å². The molecule has 0 saturated carbocycles. The number of rotatable bonds is 8. The Morgan fingerprint density at radius 3 is 2.44 bits per heavy atom. The highest BCUT2D eigenvalue weighted by atomic mass is 35.5. The SMILES string of the molecule is COc1ccc(Cc2csc(N3CCC(S(=O)(=O)c4cc(Cl)ccc4OC)CC3)n2)c(OC)c1. The summed E-state index contributed by atoms with van der Waals surface area (Å²) in [7, 11) is 1.17. The summed E-state index contributed by atoms with van der Waals surface area (Å²) < 4.78 is 42.6. The lowest BCUT2D eigenvalue weighted by molar-refractivity contribution is 0.391. The van der Waals surface area contributed by atoms with Crippen LogP contribution in [-0.4, -0.2) is 53.1 Å². The van der Waals surface area contributed by atoms with Crippen LogP contribution in [0.25, 0.3) is 0 Å². The maximum Gasteiger partial charge on any atom is 0.185 e. The molecule has 182 valence electrons. The van der Waals surface area contributed by atoms with Gasteiger partial charge in [-0.15, -0.1) is 11.3 Å². The van der Waals surface area contributed by atoms with E-state index in [0.29, 0.717) is 43.1 Å². The van der Waals surface area contributed by atoms with Crippen molar-refractivity contribution in [3.05, 3.63) is 58.1 Å². The molecule has 1 aromatic heterocycles. The summed E-state index contributed by atoms with van der Waals surface area (Å²) in [6.07, 6.45) is 1.67. The minimum Gasteiger partial charge on any atom is -0.497 e. The molecule has 34 heavy (non-hydrogen) atoms. The molecule has 4 rings (SSSR count). The number of aromatic nitrogens is 1. The third-order valence-corrected chi connectivity index (χ3v) is 9.46. The van der Waals surface area contributed by atoms with Gasteiger partial charge in [0.2, 0.25) is 0 Å². The highest BCUT2D eigenvalue weighted by molar-refractivity contribution is 7.92. The average Bonchev–Trinajstić information content (AvgIpc) is 3.33. The Labute approximate surface area is 209 Å². The number of halogens is 1. The standard InChI is InChI=1S/C24H27ClN2O5S2/c1-30-19-6-4-16(22(14-19)32-3)12-18-15-33-24(26-18)27-10-8-20(9-11-27)34(28,29)23-13-17(25)5-7-21(23)31-2/h4-7,13-15,20H,8-12H2,1-3H3. The first-order valence-electron chi connectivity index (χ1n) is 10.8. The van der Waals surface area contributed by atoms with E-state index in [1.54, 1.807) is 37.7 Å². The van der Waals surface area contributed by atoms with Gasteiger partial charge in [0.15, 0.2) is 15.0 Å². The molecule has 2 aromatic carbocycles. The molecular weight excluding hydrogens is 496 g/mol. The van der Waals surface area contributed by atoms with E-state index in [4.69, 9.17) is 30.8 Å². The molecule has 0 radical (unpaired) electrons. The van der Waals surface area contributed by atoms with Gasteiger partial charge in [0.25, 0.3) is 0 Å². The molecule has 3 aromatic rings. The van der Waals surface area contributed by atoms with E-state index in [2.05, 4.69) is 4.90 Å². The molecule has 0 spiro atoms. The van der Waals surface area contributed by atoms with Crippen LogP contribution in [0.5, 0.6) is 17.2 Å². The van der Waals surface area contributed by atoms with Crippen molar-refractivity contribution in [1.29, 1.82) is 0 Å². The van der Waals surface area contributed by atoms with Crippen molar-refractivity contribution < 1.29 is 22.6 Å². The quantitative estimate of drug-likeness (QED) is 0.418. The van der Waals surface area contributed by atoms with Gasteiger partial charge in [-0.2, -0.15) is 0 Å². The minimum atomic E-state index is -3.56. The van der Waals surface area contributed by atoms with Gasteiger partial charge in [0.05, 0.1) is 32.3 Å². The van der Waals surface area contributed by atoms with Crippen molar-refractivity contribution in [3.63, 3.8) is 0 Å². The fraction of sp³-hybridized carbons (Fsp3) is 0.375. The molecule has 1 aliphatic rings. The number of benzene rings is 2. The topological polar surface area (TPSA) is 78.0 Å². The summed E-state index contributed by atoms with van der Waals surface area (Å²) >= 11 is 7.64. The second kappa shape index (κ2) is 10.4. The number of hydrogen-bond donors (Lipinski definition) is 0. The van der Waals surface area contributed by atoms with Crippen LogP contribution in [0.2, 0.25) is 5.02 Å². The summed E-state index contributed by atoms with van der Waals surface area (Å²) in [6.45, 7) is 1.23. The Hall–Kier alpha value is -2.49. The minimum absolute atomic E-state index is 0.158. The second-order valence-corrected chi connectivity index (χ2v) is 11.5. The summed E-state index contributed by atoms with van der Waals surface area (Å²) in [6, 6.07) is 10.5. The molecule has 1 aliphatic heterocycles. The van der Waals surface area contributed by atoms with Crippen molar-refractivity contribution in [1.82, 2.24) is 4.98 Å². The van der Waals surface area contributed by atoms with E-state index in [1.807, 2.05) is 23.6 Å². The van der Waals surface area contributed by atoms with Crippen LogP contribution < -0.4 is 19.1 Å². The summed E-state index contributed by atoms with van der Waals surface area (Å²) in [5.41, 5.74) is 1.97. The van der Waals surface area contributed by atoms with E-state index in [-0.39, 0.29) is 4.90 Å². The first-order valence-corrected chi connectivity index (χ1v) is 13.6. The molecule has 0 aliphatic carbocycles. The lowest BCUT2D eigenvalue weighted by atomic mass is 10.1. The maximum atomic E-state index is 13.3. The lowest BCUT2D eigenvalue weighted by Crippen LogP contribution is -2.39. The van der Waals surface area contributed by atoms with Crippen LogP contribution >= 0.6 is 22.9 Å². The molecule has 0 bridgehead atoms. The van der Waals surface area contributed by atoms with Gasteiger partial charge >= 0.3 is 0 Å². The highest BCUT2D eigenvalue weighted by Gasteiger charge is 2.34. The largest absolute Gasteiger partial charge is 0.497 e. The average molecular weight is 523 g/mol. The Balaban J connectivity index is 1.43. The van der Waals surface area contributed by atoms with Crippen molar-refractivity contribution in [2.75, 3.05) is 39.3 Å². The molecule has 0 N–H and O–H groups in total. The number of hydrogen-bond acceptors (Lipinski definition) is 8. The van der Waals surface area contributed by atoms with Crippen LogP contribution in [0.3, 0.4) is 0 Å². The smallest absolute Gasteiger partial charge is 0.185 e. The van der Waals surface area contributed by atoms with Crippen molar-refractivity contribution in [2.45, 2.75) is 29.4 Å². The molecule has 0 atom stereocenters. The fourth-order valence-corrected chi connectivity index (χ4v) is 7.16. The van der Waals surface area contributed by atoms with Crippen molar-refractivity contribution >= 4 is 37.9 Å². The van der Waals surface area contributed by atoms with Gasteiger partial charge in [-0.05, 0) is 37.1 Å². The zero-order chi connectivity index (χ0) is 24.3. The Morgan fingerprint density at radius 1 is 1.03 bits per heavy atom. The Kier molecular flexibility index (Phi) is 7.54. The van der Waals surface area contributed by atoms with E-state index >= 15 is 0 Å². The van der Waals surface area contributed by atoms with Crippen LogP contribution in [0.4, 0.5) is 5.13 Å². The third-order valence-electron chi connectivity index (χ3n) is 5.99. The van der Waals surface area contributed by atoms with E-state index in [1.165, 1.54) is 13.2 Å². The second-order valence-electron chi connectivity index (χ2n) is 8.00. The molecule has 0 amide bonds. The first kappa shape index (κ1) is 24.6. The van der Waals surface area contributed by atoms with Gasteiger partial charge in [-0.3, -0.25) is 0 Å². The number of methoxy groups -OCH3 is 3. The molecule has 1 fully saturated rings. The van der Waals surface area contributed by atoms with Crippen molar-refractivity contribution in [3.8, 4) is 17.2 Å². The molecular formula is C24H27ClN2O5S2. The van der Waals surface area contributed by atoms with Crippen LogP contribution in [0.15, 0.2) is 46.7 Å². The predicted molar refractivity (Wildman–Crippen MR) is 135 cm³/mol. The maximum absolute atomic E-state index is 13.3. The Bertz CT molecular complexity index is 1250. The van der Waals surface area contributed by atoms with E-state index < -0.39 is 15.1 Å². The molecule has 7 nitrogen and oxygen atoms in total.